The zero-order chi connectivity index (χ0) is 16.4. The smallest absolute Gasteiger partial charge is 0.417 e. The summed E-state index contributed by atoms with van der Waals surface area (Å²) in [4.78, 5) is 11.7. The van der Waals surface area contributed by atoms with Crippen LogP contribution in [-0.4, -0.2) is 32.0 Å². The van der Waals surface area contributed by atoms with Crippen LogP contribution in [-0.2, 0) is 14.3 Å². The molecular weight excluding hydrogens is 321 g/mol. The average molecular weight is 335 g/mol. The van der Waals surface area contributed by atoms with E-state index in [0.717, 1.165) is 0 Å². The van der Waals surface area contributed by atoms with Crippen molar-refractivity contribution in [3.63, 3.8) is 0 Å². The molecule has 1 saturated heterocycles. The van der Waals surface area contributed by atoms with E-state index in [4.69, 9.17) is 21.1 Å². The second kappa shape index (κ2) is 6.30. The van der Waals surface area contributed by atoms with Gasteiger partial charge >= 0.3 is 12.1 Å². The molecule has 3 nitrogen and oxygen atoms in total. The fourth-order valence-corrected chi connectivity index (χ4v) is 2.02. The van der Waals surface area contributed by atoms with Crippen molar-refractivity contribution in [1.29, 1.82) is 0 Å². The largest absolute Gasteiger partial charge is 0.462 e. The maximum absolute atomic E-state index is 13.1. The molecule has 0 atom stereocenters. The van der Waals surface area contributed by atoms with Crippen LogP contribution >= 0.6 is 11.6 Å². The Morgan fingerprint density at radius 3 is 2.41 bits per heavy atom. The van der Waals surface area contributed by atoms with Crippen LogP contribution in [0.15, 0.2) is 30.3 Å². The molecule has 0 spiro atoms. The first-order chi connectivity index (χ1) is 10.2. The van der Waals surface area contributed by atoms with Gasteiger partial charge in [0.25, 0.3) is 0 Å². The summed E-state index contributed by atoms with van der Waals surface area (Å²) in [5.41, 5.74) is -1.53. The van der Waals surface area contributed by atoms with Gasteiger partial charge in [-0.3, -0.25) is 0 Å². The summed E-state index contributed by atoms with van der Waals surface area (Å²) in [6.45, 7) is 2.70. The Bertz CT molecular complexity index is 575. The van der Waals surface area contributed by atoms with E-state index in [0.29, 0.717) is 24.3 Å². The lowest BCUT2D eigenvalue weighted by Gasteiger charge is -2.37. The number of benzene rings is 1. The van der Waals surface area contributed by atoms with Crippen molar-refractivity contribution >= 4 is 23.1 Å². The van der Waals surface area contributed by atoms with Gasteiger partial charge in [0.05, 0.1) is 18.8 Å². The maximum Gasteiger partial charge on any atom is 0.417 e. The molecule has 22 heavy (non-hydrogen) atoms. The Morgan fingerprint density at radius 1 is 1.36 bits per heavy atom. The lowest BCUT2D eigenvalue weighted by molar-refractivity contribution is -0.160. The fourth-order valence-electron chi connectivity index (χ4n) is 1.90. The monoisotopic (exact) mass is 334 g/mol. The first-order valence-corrected chi connectivity index (χ1v) is 6.87. The quantitative estimate of drug-likeness (QED) is 0.619. The SMILES string of the molecule is CC1(COC(=O)/C=C(/c2ccc(Cl)cc2)C(F)(F)F)COC1. The molecule has 0 aromatic heterocycles. The number of esters is 1. The third-order valence-electron chi connectivity index (χ3n) is 3.19. The van der Waals surface area contributed by atoms with Crippen LogP contribution in [0.25, 0.3) is 5.57 Å². The molecule has 0 radical (unpaired) electrons. The predicted molar refractivity (Wildman–Crippen MR) is 75.4 cm³/mol. The van der Waals surface area contributed by atoms with E-state index in [2.05, 4.69) is 0 Å². The van der Waals surface area contributed by atoms with Gasteiger partial charge in [-0.2, -0.15) is 13.2 Å². The van der Waals surface area contributed by atoms with Crippen LogP contribution in [0, 0.1) is 5.41 Å². The fraction of sp³-hybridized carbons (Fsp3) is 0.400. The molecule has 7 heteroatoms. The number of alkyl halides is 3. The summed E-state index contributed by atoms with van der Waals surface area (Å²) in [6, 6.07) is 5.06. The zero-order valence-electron chi connectivity index (χ0n) is 11.7. The zero-order valence-corrected chi connectivity index (χ0v) is 12.5. The summed E-state index contributed by atoms with van der Waals surface area (Å²) < 4.78 is 49.2. The Morgan fingerprint density at radius 2 is 1.95 bits per heavy atom. The van der Waals surface area contributed by atoms with Gasteiger partial charge < -0.3 is 9.47 Å². The first kappa shape index (κ1) is 16.8. The lowest BCUT2D eigenvalue weighted by atomic mass is 9.90. The van der Waals surface area contributed by atoms with Crippen molar-refractivity contribution in [1.82, 2.24) is 0 Å². The van der Waals surface area contributed by atoms with E-state index in [1.54, 1.807) is 0 Å². The highest BCUT2D eigenvalue weighted by molar-refractivity contribution is 6.30. The van der Waals surface area contributed by atoms with Gasteiger partial charge in [0.15, 0.2) is 0 Å². The van der Waals surface area contributed by atoms with Gasteiger partial charge in [0.2, 0.25) is 0 Å². The molecule has 1 aliphatic heterocycles. The van der Waals surface area contributed by atoms with Gasteiger partial charge in [0.1, 0.15) is 6.61 Å². The van der Waals surface area contributed by atoms with Gasteiger partial charge in [-0.05, 0) is 17.7 Å². The second-order valence-corrected chi connectivity index (χ2v) is 5.91. The van der Waals surface area contributed by atoms with E-state index in [9.17, 15) is 18.0 Å². The van der Waals surface area contributed by atoms with Crippen LogP contribution in [0.2, 0.25) is 5.02 Å². The van der Waals surface area contributed by atoms with Gasteiger partial charge in [-0.15, -0.1) is 0 Å². The van der Waals surface area contributed by atoms with Crippen molar-refractivity contribution < 1.29 is 27.4 Å². The Balaban J connectivity index is 2.14. The van der Waals surface area contributed by atoms with Crippen LogP contribution in [0.3, 0.4) is 0 Å². The van der Waals surface area contributed by atoms with Crippen molar-refractivity contribution in [2.75, 3.05) is 19.8 Å². The van der Waals surface area contributed by atoms with Gasteiger partial charge in [0, 0.05) is 16.5 Å². The van der Waals surface area contributed by atoms with Crippen molar-refractivity contribution in [3.05, 3.63) is 40.9 Å². The third-order valence-corrected chi connectivity index (χ3v) is 3.44. The number of carbonyl (C=O) groups is 1. The lowest BCUT2D eigenvalue weighted by Crippen LogP contribution is -2.44. The average Bonchev–Trinajstić information content (AvgIpc) is 2.40. The van der Waals surface area contributed by atoms with Crippen molar-refractivity contribution in [2.45, 2.75) is 13.1 Å². The molecule has 1 aromatic carbocycles. The standard InChI is InChI=1S/C15H14ClF3O3/c1-14(7-21-8-14)9-22-13(20)6-12(15(17,18)19)10-2-4-11(16)5-3-10/h2-6H,7-9H2,1H3/b12-6-. The van der Waals surface area contributed by atoms with E-state index in [1.807, 2.05) is 6.92 Å². The van der Waals surface area contributed by atoms with E-state index >= 15 is 0 Å². The number of halogens is 4. The predicted octanol–water partition coefficient (Wildman–Crippen LogP) is 3.87. The number of allylic oxidation sites excluding steroid dienone is 1. The molecule has 120 valence electrons. The van der Waals surface area contributed by atoms with Gasteiger partial charge in [-0.1, -0.05) is 30.7 Å². The van der Waals surface area contributed by atoms with E-state index in [1.165, 1.54) is 24.3 Å². The maximum atomic E-state index is 13.1. The number of hydrogen-bond donors (Lipinski definition) is 0. The molecule has 0 unspecified atom stereocenters. The minimum absolute atomic E-state index is 0.0219. The molecule has 0 saturated carbocycles. The summed E-state index contributed by atoms with van der Waals surface area (Å²) in [5, 5.41) is 0.311. The molecule has 0 amide bonds. The molecule has 0 bridgehead atoms. The van der Waals surface area contributed by atoms with E-state index in [-0.39, 0.29) is 17.6 Å². The Hall–Kier alpha value is -1.53. The molecule has 1 aliphatic rings. The minimum Gasteiger partial charge on any atom is -0.462 e. The number of hydrogen-bond acceptors (Lipinski definition) is 3. The summed E-state index contributed by atoms with van der Waals surface area (Å²) in [7, 11) is 0. The number of carbonyl (C=O) groups excluding carboxylic acids is 1. The molecule has 1 fully saturated rings. The number of ether oxygens (including phenoxy) is 2. The Labute approximate surface area is 130 Å². The summed E-state index contributed by atoms with van der Waals surface area (Å²) in [5.74, 6) is -1.03. The molecule has 2 rings (SSSR count). The minimum atomic E-state index is -4.67. The van der Waals surface area contributed by atoms with E-state index < -0.39 is 17.7 Å². The third kappa shape index (κ3) is 4.24. The van der Waals surface area contributed by atoms with Crippen LogP contribution in [0.1, 0.15) is 12.5 Å². The summed E-state index contributed by atoms with van der Waals surface area (Å²) >= 11 is 5.65. The molecular formula is C15H14ClF3O3. The van der Waals surface area contributed by atoms with Gasteiger partial charge in [-0.25, -0.2) is 4.79 Å². The topological polar surface area (TPSA) is 35.5 Å². The molecule has 1 heterocycles. The van der Waals surface area contributed by atoms with Crippen LogP contribution in [0.4, 0.5) is 13.2 Å². The first-order valence-electron chi connectivity index (χ1n) is 6.49. The number of rotatable bonds is 4. The van der Waals surface area contributed by atoms with Crippen molar-refractivity contribution in [3.8, 4) is 0 Å². The van der Waals surface area contributed by atoms with Crippen molar-refractivity contribution in [2.24, 2.45) is 5.41 Å². The van der Waals surface area contributed by atoms with Crippen LogP contribution in [0.5, 0.6) is 0 Å². The molecule has 0 N–H and O–H groups in total. The summed E-state index contributed by atoms with van der Waals surface area (Å²) in [6.07, 6.45) is -4.21. The van der Waals surface area contributed by atoms with Crippen LogP contribution < -0.4 is 0 Å². The normalized spacial score (nSPS) is 17.8. The highest BCUT2D eigenvalue weighted by Crippen LogP contribution is 2.34. The highest BCUT2D eigenvalue weighted by atomic mass is 35.5. The molecule has 0 aliphatic carbocycles. The molecule has 1 aromatic rings. The highest BCUT2D eigenvalue weighted by Gasteiger charge is 2.37. The Kier molecular flexibility index (Phi) is 4.82. The second-order valence-electron chi connectivity index (χ2n) is 5.47.